The predicted molar refractivity (Wildman–Crippen MR) is 75.6 cm³/mol. The van der Waals surface area contributed by atoms with Crippen molar-refractivity contribution >= 4 is 5.71 Å². The second-order valence-electron chi connectivity index (χ2n) is 5.98. The minimum atomic E-state index is -0.0820. The van der Waals surface area contributed by atoms with Crippen molar-refractivity contribution in [1.29, 1.82) is 0 Å². The smallest absolute Gasteiger partial charge is 0.157 e. The third-order valence-corrected chi connectivity index (χ3v) is 5.06. The van der Waals surface area contributed by atoms with Crippen LogP contribution in [0.2, 0.25) is 0 Å². The number of hydrogen-bond donors (Lipinski definition) is 3. The van der Waals surface area contributed by atoms with E-state index < -0.39 is 0 Å². The van der Waals surface area contributed by atoms with Crippen LogP contribution in [0.4, 0.5) is 0 Å². The number of likely N-dealkylation sites (tertiary alicyclic amines) is 1. The average Bonchev–Trinajstić information content (AvgIpc) is 2.80. The molecule has 0 radical (unpaired) electrons. The number of aromatic hydroxyl groups is 2. The second kappa shape index (κ2) is 4.66. The molecule has 3 N–H and O–H groups in total. The van der Waals surface area contributed by atoms with Crippen molar-refractivity contribution in [1.82, 2.24) is 4.90 Å². The molecule has 3 rings (SSSR count). The second-order valence-corrected chi connectivity index (χ2v) is 5.98. The Morgan fingerprint density at radius 3 is 2.75 bits per heavy atom. The van der Waals surface area contributed by atoms with Crippen molar-refractivity contribution in [2.75, 3.05) is 13.6 Å². The Morgan fingerprint density at radius 1 is 1.25 bits per heavy atom. The lowest BCUT2D eigenvalue weighted by atomic mass is 9.65. The lowest BCUT2D eigenvalue weighted by Gasteiger charge is -2.41. The number of fused-ring (bicyclic) bond motifs is 1. The van der Waals surface area contributed by atoms with Gasteiger partial charge in [-0.2, -0.15) is 0 Å². The normalized spacial score (nSPS) is 32.5. The van der Waals surface area contributed by atoms with Crippen LogP contribution in [0.3, 0.4) is 0 Å². The summed E-state index contributed by atoms with van der Waals surface area (Å²) in [7, 11) is 2.09. The number of phenols is 2. The van der Waals surface area contributed by atoms with E-state index in [1.165, 1.54) is 0 Å². The molecule has 2 atom stereocenters. The van der Waals surface area contributed by atoms with E-state index >= 15 is 0 Å². The number of hydrogen-bond acceptors (Lipinski definition) is 5. The summed E-state index contributed by atoms with van der Waals surface area (Å²) in [5.74, 6) is -0.145. The van der Waals surface area contributed by atoms with Gasteiger partial charge in [0.1, 0.15) is 0 Å². The Labute approximate surface area is 118 Å². The molecular formula is C15H20N2O3. The third kappa shape index (κ3) is 1.85. The number of benzene rings is 1. The molecule has 1 heterocycles. The number of phenolic OH excluding ortho intramolecular Hbond substituents is 2. The summed E-state index contributed by atoms with van der Waals surface area (Å²) in [4.78, 5) is 2.30. The van der Waals surface area contributed by atoms with Gasteiger partial charge in [-0.05, 0) is 50.6 Å². The maximum Gasteiger partial charge on any atom is 0.157 e. The first kappa shape index (κ1) is 13.2. The largest absolute Gasteiger partial charge is 0.504 e. The molecule has 5 nitrogen and oxygen atoms in total. The zero-order valence-corrected chi connectivity index (χ0v) is 11.6. The van der Waals surface area contributed by atoms with Gasteiger partial charge in [0.2, 0.25) is 0 Å². The van der Waals surface area contributed by atoms with Gasteiger partial charge in [0.15, 0.2) is 11.5 Å². The molecule has 1 aliphatic carbocycles. The number of rotatable bonds is 1. The van der Waals surface area contributed by atoms with Crippen molar-refractivity contribution in [2.24, 2.45) is 5.16 Å². The van der Waals surface area contributed by atoms with Gasteiger partial charge in [-0.25, -0.2) is 0 Å². The summed E-state index contributed by atoms with van der Waals surface area (Å²) >= 11 is 0. The Morgan fingerprint density at radius 2 is 2.05 bits per heavy atom. The molecular weight excluding hydrogens is 256 g/mol. The average molecular weight is 276 g/mol. The molecule has 108 valence electrons. The first-order chi connectivity index (χ1) is 9.56. The van der Waals surface area contributed by atoms with E-state index in [1.807, 2.05) is 6.07 Å². The SMILES string of the molecule is CN1CC[C@]2(c3ccc(O)c(O)c3)CC/C(=N\O)C[C@H]12. The maximum absolute atomic E-state index is 9.78. The molecule has 0 unspecified atom stereocenters. The van der Waals surface area contributed by atoms with Crippen LogP contribution in [-0.4, -0.2) is 45.7 Å². The molecule has 1 saturated carbocycles. The lowest BCUT2D eigenvalue weighted by molar-refractivity contribution is 0.220. The Balaban J connectivity index is 2.02. The molecule has 0 aromatic heterocycles. The van der Waals surface area contributed by atoms with E-state index in [1.54, 1.807) is 12.1 Å². The minimum Gasteiger partial charge on any atom is -0.504 e. The van der Waals surface area contributed by atoms with Gasteiger partial charge in [0.05, 0.1) is 5.71 Å². The minimum absolute atomic E-state index is 0.0197. The third-order valence-electron chi connectivity index (χ3n) is 5.06. The fraction of sp³-hybridized carbons (Fsp3) is 0.533. The van der Waals surface area contributed by atoms with Crippen molar-refractivity contribution in [3.05, 3.63) is 23.8 Å². The Bertz CT molecular complexity index is 558. The highest BCUT2D eigenvalue weighted by atomic mass is 16.4. The van der Waals surface area contributed by atoms with E-state index in [9.17, 15) is 10.2 Å². The predicted octanol–water partition coefficient (Wildman–Crippen LogP) is 2.05. The fourth-order valence-electron chi connectivity index (χ4n) is 3.86. The summed E-state index contributed by atoms with van der Waals surface area (Å²) in [6.45, 7) is 0.991. The summed E-state index contributed by atoms with van der Waals surface area (Å²) in [5.41, 5.74) is 1.90. The number of nitrogens with zero attached hydrogens (tertiary/aromatic N) is 2. The van der Waals surface area contributed by atoms with Gasteiger partial charge in [0.25, 0.3) is 0 Å². The van der Waals surface area contributed by atoms with Gasteiger partial charge < -0.3 is 20.3 Å². The van der Waals surface area contributed by atoms with Crippen LogP contribution < -0.4 is 0 Å². The molecule has 1 aliphatic heterocycles. The first-order valence-electron chi connectivity index (χ1n) is 6.99. The molecule has 0 amide bonds. The van der Waals surface area contributed by atoms with Gasteiger partial charge >= 0.3 is 0 Å². The number of likely N-dealkylation sites (N-methyl/N-ethyl adjacent to an activating group) is 1. The van der Waals surface area contributed by atoms with Gasteiger partial charge in [-0.15, -0.1) is 0 Å². The molecule has 0 bridgehead atoms. The summed E-state index contributed by atoms with van der Waals surface area (Å²) in [5, 5.41) is 31.7. The number of oxime groups is 1. The molecule has 1 aromatic carbocycles. The molecule has 2 fully saturated rings. The van der Waals surface area contributed by atoms with Gasteiger partial charge in [-0.1, -0.05) is 11.2 Å². The van der Waals surface area contributed by atoms with E-state index in [-0.39, 0.29) is 23.0 Å². The van der Waals surface area contributed by atoms with Crippen molar-refractivity contribution in [3.63, 3.8) is 0 Å². The van der Waals surface area contributed by atoms with Crippen molar-refractivity contribution in [3.8, 4) is 11.5 Å². The summed E-state index contributed by atoms with van der Waals surface area (Å²) < 4.78 is 0. The van der Waals surface area contributed by atoms with Gasteiger partial charge in [0, 0.05) is 17.9 Å². The van der Waals surface area contributed by atoms with Crippen LogP contribution in [0.25, 0.3) is 0 Å². The van der Waals surface area contributed by atoms with Crippen LogP contribution in [0.15, 0.2) is 23.4 Å². The van der Waals surface area contributed by atoms with Crippen LogP contribution in [0.5, 0.6) is 11.5 Å². The van der Waals surface area contributed by atoms with E-state index in [4.69, 9.17) is 5.21 Å². The Hall–Kier alpha value is -1.75. The zero-order chi connectivity index (χ0) is 14.3. The standard InChI is InChI=1S/C15H20N2O3/c1-17-7-6-15(5-4-11(16-20)9-14(15)17)10-2-3-12(18)13(19)8-10/h2-3,8,14,18-20H,4-7,9H2,1H3/b16-11+/t14-,15-/m0/s1. The lowest BCUT2D eigenvalue weighted by Crippen LogP contribution is -2.46. The highest BCUT2D eigenvalue weighted by Gasteiger charge is 2.49. The highest BCUT2D eigenvalue weighted by Crippen LogP contribution is 2.48. The molecule has 20 heavy (non-hydrogen) atoms. The maximum atomic E-state index is 9.78. The molecule has 5 heteroatoms. The molecule has 2 aliphatic rings. The van der Waals surface area contributed by atoms with Crippen LogP contribution in [-0.2, 0) is 5.41 Å². The fourth-order valence-corrected chi connectivity index (χ4v) is 3.86. The monoisotopic (exact) mass is 276 g/mol. The Kier molecular flexibility index (Phi) is 3.09. The van der Waals surface area contributed by atoms with Gasteiger partial charge in [-0.3, -0.25) is 0 Å². The van der Waals surface area contributed by atoms with Crippen LogP contribution in [0.1, 0.15) is 31.2 Å². The molecule has 1 saturated heterocycles. The zero-order valence-electron chi connectivity index (χ0n) is 11.6. The molecule has 1 aromatic rings. The van der Waals surface area contributed by atoms with Crippen molar-refractivity contribution in [2.45, 2.75) is 37.1 Å². The topological polar surface area (TPSA) is 76.3 Å². The van der Waals surface area contributed by atoms with E-state index in [0.29, 0.717) is 0 Å². The first-order valence-corrected chi connectivity index (χ1v) is 6.99. The van der Waals surface area contributed by atoms with E-state index in [2.05, 4.69) is 17.1 Å². The van der Waals surface area contributed by atoms with Crippen LogP contribution in [0, 0.1) is 0 Å². The summed E-state index contributed by atoms with van der Waals surface area (Å²) in [6, 6.07) is 5.43. The van der Waals surface area contributed by atoms with Crippen LogP contribution >= 0.6 is 0 Å². The quantitative estimate of drug-likeness (QED) is 0.417. The molecule has 0 spiro atoms. The highest BCUT2D eigenvalue weighted by molar-refractivity contribution is 5.86. The van der Waals surface area contributed by atoms with E-state index in [0.717, 1.165) is 43.5 Å². The summed E-state index contributed by atoms with van der Waals surface area (Å²) in [6.07, 6.45) is 3.47. The van der Waals surface area contributed by atoms with Crippen molar-refractivity contribution < 1.29 is 15.4 Å².